The Morgan fingerprint density at radius 2 is 0.492 bits per heavy atom. The highest BCUT2D eigenvalue weighted by Gasteiger charge is 2.15. The summed E-state index contributed by atoms with van der Waals surface area (Å²) in [5.74, 6) is 0. The Kier molecular flexibility index (Phi) is 70.0. The number of halogens is 2. The van der Waals surface area contributed by atoms with Gasteiger partial charge >= 0.3 is 0 Å². The van der Waals surface area contributed by atoms with E-state index in [1.807, 2.05) is 0 Å². The van der Waals surface area contributed by atoms with E-state index in [1.54, 1.807) is 0 Å². The van der Waals surface area contributed by atoms with Crippen LogP contribution in [-0.4, -0.2) is 206 Å². The van der Waals surface area contributed by atoms with Gasteiger partial charge in [0.2, 0.25) is 0 Å². The molecule has 63 heavy (non-hydrogen) atoms. The quantitative estimate of drug-likeness (QED) is 0.0327. The molecule has 0 bridgehead atoms. The van der Waals surface area contributed by atoms with Crippen LogP contribution in [0, 0.1) is 0 Å². The minimum atomic E-state index is 0. The molecule has 9 nitrogen and oxygen atoms in total. The van der Waals surface area contributed by atoms with E-state index >= 15 is 0 Å². The summed E-state index contributed by atoms with van der Waals surface area (Å²) < 4.78 is 2.30. The van der Waals surface area contributed by atoms with Crippen molar-refractivity contribution in [3.63, 3.8) is 0 Å². The number of hydrogen-bond acceptors (Lipinski definition) is 7. The van der Waals surface area contributed by atoms with Crippen LogP contribution < -0.4 is 17.0 Å². The first kappa shape index (κ1) is 75.1. The Balaban J connectivity index is -0.000000178. The van der Waals surface area contributed by atoms with E-state index in [-0.39, 0.29) is 24.4 Å². The molecule has 0 saturated carbocycles. The number of alkyl halides is 1. The van der Waals surface area contributed by atoms with Gasteiger partial charge in [0, 0.05) is 51.3 Å². The molecule has 0 aliphatic carbocycles. The number of likely N-dealkylation sites (N-methyl/N-ethyl adjacent to an activating group) is 6. The molecule has 0 spiro atoms. The van der Waals surface area contributed by atoms with Crippen molar-refractivity contribution in [3.8, 4) is 0 Å². The second-order valence-electron chi connectivity index (χ2n) is 20.4. The van der Waals surface area contributed by atoms with Crippen molar-refractivity contribution in [2.24, 2.45) is 0 Å². The lowest BCUT2D eigenvalue weighted by Crippen LogP contribution is -3.00. The van der Waals surface area contributed by atoms with Crippen molar-refractivity contribution in [1.29, 1.82) is 0 Å². The molecule has 0 radical (unpaired) electrons. The highest BCUT2D eigenvalue weighted by molar-refractivity contribution is 9.09. The van der Waals surface area contributed by atoms with Gasteiger partial charge < -0.3 is 60.9 Å². The molecule has 0 aliphatic heterocycles. The summed E-state index contributed by atoms with van der Waals surface area (Å²) in [6.07, 6.45) is 35.3. The first-order chi connectivity index (χ1) is 29.0. The number of rotatable bonds is 41. The van der Waals surface area contributed by atoms with E-state index < -0.39 is 0 Å². The number of hydrogen-bond donors (Lipinski definition) is 3. The van der Waals surface area contributed by atoms with Gasteiger partial charge in [-0.05, 0) is 108 Å². The minimum Gasteiger partial charge on any atom is -1.00 e. The van der Waals surface area contributed by atoms with Crippen LogP contribution >= 0.6 is 15.9 Å². The molecule has 0 aromatic heterocycles. The predicted octanol–water partition coefficient (Wildman–Crippen LogP) is 7.89. The number of aliphatic hydroxyl groups excluding tert-OH is 3. The zero-order valence-electron chi connectivity index (χ0n) is 44.4. The lowest BCUT2D eigenvalue weighted by molar-refractivity contribution is -0.890. The number of nitrogens with zero attached hydrogens (tertiary/aromatic N) is 6. The zero-order valence-corrected chi connectivity index (χ0v) is 47.5. The van der Waals surface area contributed by atoms with Crippen LogP contribution in [0.2, 0.25) is 0 Å². The van der Waals surface area contributed by atoms with E-state index in [0.717, 1.165) is 46.6 Å². The molecule has 0 heterocycles. The summed E-state index contributed by atoms with van der Waals surface area (Å²) in [5.41, 5.74) is 0. The van der Waals surface area contributed by atoms with Gasteiger partial charge in [0.15, 0.2) is 0 Å². The molecule has 0 rings (SSSR count). The smallest absolute Gasteiger partial charge is 0.0911 e. The monoisotopic (exact) mass is 1040 g/mol. The SMILES string of the molecule is C.CN(C)CCN(C)C.CN(C)CC[N+](C)(C)CCCCCCCCCCCO.CN(C)CC[N+](C)(C)CCCCCCCCCCCO.OCCCCCCCCCCCBr.[Br-]. The molecule has 390 valence electrons. The average Bonchev–Trinajstić information content (AvgIpc) is 3.20. The highest BCUT2D eigenvalue weighted by atomic mass is 79.9. The van der Waals surface area contributed by atoms with Crippen LogP contribution in [0.1, 0.15) is 181 Å². The largest absolute Gasteiger partial charge is 1.00 e. The molecule has 0 atom stereocenters. The molecular weight excluding hydrogens is 916 g/mol. The fourth-order valence-electron chi connectivity index (χ4n) is 6.79. The third-order valence-electron chi connectivity index (χ3n) is 11.4. The Morgan fingerprint density at radius 1 is 0.302 bits per heavy atom. The summed E-state index contributed by atoms with van der Waals surface area (Å²) in [7, 11) is 26.4. The van der Waals surface area contributed by atoms with Gasteiger partial charge in [-0.25, -0.2) is 0 Å². The first-order valence-corrected chi connectivity index (χ1v) is 26.7. The summed E-state index contributed by atoms with van der Waals surface area (Å²) in [5, 5.41) is 27.1. The van der Waals surface area contributed by atoms with Gasteiger partial charge in [0.1, 0.15) is 0 Å². The second kappa shape index (κ2) is 58.7. The summed E-state index contributed by atoms with van der Waals surface area (Å²) in [4.78, 5) is 8.91. The molecule has 11 heteroatoms. The fraction of sp³-hybridized carbons (Fsp3) is 1.00. The molecule has 3 N–H and O–H groups in total. The lowest BCUT2D eigenvalue weighted by Gasteiger charge is -2.31. The van der Waals surface area contributed by atoms with Crippen LogP contribution in [0.15, 0.2) is 0 Å². The molecule has 0 saturated heterocycles. The molecule has 0 fully saturated rings. The van der Waals surface area contributed by atoms with E-state index in [2.05, 4.69) is 120 Å². The topological polar surface area (TPSA) is 73.7 Å². The third-order valence-corrected chi connectivity index (χ3v) is 12.0. The zero-order chi connectivity index (χ0) is 46.9. The van der Waals surface area contributed by atoms with E-state index in [4.69, 9.17) is 15.3 Å². The van der Waals surface area contributed by atoms with Crippen LogP contribution in [0.4, 0.5) is 0 Å². The number of unbranched alkanes of at least 4 members (excludes halogenated alkanes) is 24. The van der Waals surface area contributed by atoms with Gasteiger partial charge in [-0.2, -0.15) is 0 Å². The normalized spacial score (nSPS) is 11.4. The van der Waals surface area contributed by atoms with Crippen molar-refractivity contribution < 1.29 is 41.3 Å². The summed E-state index contributed by atoms with van der Waals surface area (Å²) in [6, 6.07) is 0. The Hall–Kier alpha value is 0.600. The van der Waals surface area contributed by atoms with Crippen LogP contribution in [-0.2, 0) is 0 Å². The minimum absolute atomic E-state index is 0. The van der Waals surface area contributed by atoms with Crippen molar-refractivity contribution in [2.45, 2.75) is 181 Å². The van der Waals surface area contributed by atoms with Gasteiger partial charge in [-0.15, -0.1) is 0 Å². The van der Waals surface area contributed by atoms with E-state index in [9.17, 15) is 0 Å². The average molecular weight is 1040 g/mol. The predicted molar refractivity (Wildman–Crippen MR) is 284 cm³/mol. The number of quaternary nitrogens is 2. The van der Waals surface area contributed by atoms with E-state index in [0.29, 0.717) is 19.8 Å². The van der Waals surface area contributed by atoms with Crippen molar-refractivity contribution in [1.82, 2.24) is 19.6 Å². The second-order valence-corrected chi connectivity index (χ2v) is 21.2. The Bertz CT molecular complexity index is 733. The van der Waals surface area contributed by atoms with Crippen LogP contribution in [0.3, 0.4) is 0 Å². The standard InChI is InChI=1S/2C17H39N2O.C11H23BrO.C6H16N2.CH4.BrH/c2*1-18(2)14-16-19(3,4)15-12-10-8-6-5-7-9-11-13-17-20;12-10-8-6-4-2-1-3-5-7-9-11-13;1-7(2)5-6-8(3)4;;/h2*20H,5-17H2,1-4H3;13H,1-11H2;5-6H2,1-4H3;1H4;1H/q2*+1;;;;/p-1. The van der Waals surface area contributed by atoms with Crippen LogP contribution in [0.5, 0.6) is 0 Å². The molecule has 0 amide bonds. The van der Waals surface area contributed by atoms with Gasteiger partial charge in [0.05, 0.1) is 54.4 Å². The van der Waals surface area contributed by atoms with Crippen LogP contribution in [0.25, 0.3) is 0 Å². The maximum absolute atomic E-state index is 8.70. The Morgan fingerprint density at radius 3 is 0.683 bits per heavy atom. The molecular formula is C52H121Br2N6O3+. The molecule has 0 unspecified atom stereocenters. The van der Waals surface area contributed by atoms with Gasteiger partial charge in [-0.3, -0.25) is 0 Å². The fourth-order valence-corrected chi connectivity index (χ4v) is 7.18. The first-order valence-electron chi connectivity index (χ1n) is 25.6. The maximum atomic E-state index is 8.70. The third kappa shape index (κ3) is 80.0. The molecule has 0 aromatic carbocycles. The lowest BCUT2D eigenvalue weighted by atomic mass is 10.1. The summed E-state index contributed by atoms with van der Waals surface area (Å²) in [6.45, 7) is 10.9. The van der Waals surface area contributed by atoms with Crippen molar-refractivity contribution in [3.05, 3.63) is 0 Å². The maximum Gasteiger partial charge on any atom is 0.0911 e. The van der Waals surface area contributed by atoms with E-state index in [1.165, 1.54) is 193 Å². The van der Waals surface area contributed by atoms with Gasteiger partial charge in [-0.1, -0.05) is 145 Å². The Labute approximate surface area is 417 Å². The molecule has 0 aromatic rings. The highest BCUT2D eigenvalue weighted by Crippen LogP contribution is 2.13. The number of aliphatic hydroxyl groups is 3. The summed E-state index contributed by atoms with van der Waals surface area (Å²) >= 11 is 3.44. The van der Waals surface area contributed by atoms with Gasteiger partial charge in [0.25, 0.3) is 0 Å². The van der Waals surface area contributed by atoms with Crippen molar-refractivity contribution in [2.75, 3.05) is 162 Å². The molecule has 0 aliphatic rings. The van der Waals surface area contributed by atoms with Crippen molar-refractivity contribution >= 4 is 15.9 Å².